The number of methoxy groups -OCH3 is 1. The van der Waals surface area contributed by atoms with Crippen molar-refractivity contribution in [1.82, 2.24) is 4.72 Å². The highest BCUT2D eigenvalue weighted by atomic mass is 32.2. The summed E-state index contributed by atoms with van der Waals surface area (Å²) in [4.78, 5) is 11.2. The van der Waals surface area contributed by atoms with E-state index in [1.165, 1.54) is 7.11 Å². The van der Waals surface area contributed by atoms with Crippen molar-refractivity contribution in [3.63, 3.8) is 0 Å². The van der Waals surface area contributed by atoms with E-state index in [0.717, 1.165) is 11.1 Å². The molecular weight excluding hydrogens is 294 g/mol. The number of benzene rings is 1. The monoisotopic (exact) mass is 315 g/mol. The second-order valence-electron chi connectivity index (χ2n) is 5.06. The highest BCUT2D eigenvalue weighted by molar-refractivity contribution is 7.89. The summed E-state index contributed by atoms with van der Waals surface area (Å²) in [6, 6.07) is 0.590. The summed E-state index contributed by atoms with van der Waals surface area (Å²) in [5, 5.41) is 9.06. The molecule has 0 saturated heterocycles. The van der Waals surface area contributed by atoms with Gasteiger partial charge in [-0.25, -0.2) is 8.42 Å². The van der Waals surface area contributed by atoms with E-state index in [1.807, 2.05) is 19.9 Å². The third-order valence-electron chi connectivity index (χ3n) is 3.49. The maximum Gasteiger partial charge on any atom is 0.324 e. The van der Waals surface area contributed by atoms with Crippen LogP contribution in [0.5, 0.6) is 0 Å². The lowest BCUT2D eigenvalue weighted by molar-refractivity contribution is -0.140. The molecule has 0 aliphatic heterocycles. The Labute approximate surface area is 125 Å². The smallest absolute Gasteiger partial charge is 0.324 e. The highest BCUT2D eigenvalue weighted by Crippen LogP contribution is 2.26. The summed E-state index contributed by atoms with van der Waals surface area (Å²) in [6.07, 6.45) is 0. The van der Waals surface area contributed by atoms with Gasteiger partial charge < -0.3 is 9.84 Å². The van der Waals surface area contributed by atoms with Gasteiger partial charge >= 0.3 is 5.97 Å². The van der Waals surface area contributed by atoms with Crippen molar-refractivity contribution >= 4 is 16.0 Å². The molecule has 7 heteroatoms. The Kier molecular flexibility index (Phi) is 5.49. The maximum absolute atomic E-state index is 12.5. The van der Waals surface area contributed by atoms with Crippen LogP contribution >= 0.6 is 0 Å². The maximum atomic E-state index is 12.5. The molecule has 1 unspecified atom stereocenters. The van der Waals surface area contributed by atoms with Crippen LogP contribution in [-0.2, 0) is 19.6 Å². The number of carbonyl (C=O) groups is 1. The molecule has 0 amide bonds. The molecule has 1 rings (SSSR count). The van der Waals surface area contributed by atoms with E-state index >= 15 is 0 Å². The molecule has 0 spiro atoms. The van der Waals surface area contributed by atoms with Crippen molar-refractivity contribution in [2.24, 2.45) is 0 Å². The molecule has 1 aromatic rings. The minimum atomic E-state index is -3.94. The van der Waals surface area contributed by atoms with Crippen molar-refractivity contribution < 1.29 is 23.1 Å². The molecule has 0 saturated carbocycles. The number of hydrogen-bond donors (Lipinski definition) is 2. The second-order valence-corrected chi connectivity index (χ2v) is 6.71. The molecule has 0 radical (unpaired) electrons. The number of sulfonamides is 1. The molecule has 21 heavy (non-hydrogen) atoms. The van der Waals surface area contributed by atoms with E-state index in [4.69, 9.17) is 9.84 Å². The SMILES string of the molecule is COCC(NS(=O)(=O)c1c(C)c(C)cc(C)c1C)C(=O)O. The Balaban J connectivity index is 3.35. The molecular formula is C14H21NO5S. The van der Waals surface area contributed by atoms with Crippen molar-refractivity contribution in [3.05, 3.63) is 28.3 Å². The first-order chi connectivity index (χ1) is 9.61. The van der Waals surface area contributed by atoms with Crippen molar-refractivity contribution in [1.29, 1.82) is 0 Å². The molecule has 0 aromatic heterocycles. The zero-order valence-corrected chi connectivity index (χ0v) is 13.7. The molecule has 0 fully saturated rings. The van der Waals surface area contributed by atoms with Crippen molar-refractivity contribution in [3.8, 4) is 0 Å². The first-order valence-electron chi connectivity index (χ1n) is 6.43. The van der Waals surface area contributed by atoms with Gasteiger partial charge in [-0.3, -0.25) is 4.79 Å². The third kappa shape index (κ3) is 3.81. The fraction of sp³-hybridized carbons (Fsp3) is 0.500. The van der Waals surface area contributed by atoms with Gasteiger partial charge in [-0.2, -0.15) is 4.72 Å². The topological polar surface area (TPSA) is 92.7 Å². The predicted molar refractivity (Wildman–Crippen MR) is 79.0 cm³/mol. The molecule has 0 aliphatic rings. The van der Waals surface area contributed by atoms with Crippen LogP contribution in [0.1, 0.15) is 22.3 Å². The lowest BCUT2D eigenvalue weighted by Crippen LogP contribution is -2.44. The number of nitrogens with one attached hydrogen (secondary N) is 1. The molecule has 1 atom stereocenters. The van der Waals surface area contributed by atoms with E-state index in [-0.39, 0.29) is 11.5 Å². The van der Waals surface area contributed by atoms with Crippen LogP contribution in [0.2, 0.25) is 0 Å². The lowest BCUT2D eigenvalue weighted by atomic mass is 10.0. The molecule has 2 N–H and O–H groups in total. The molecule has 0 aliphatic carbocycles. The normalized spacial score (nSPS) is 13.2. The van der Waals surface area contributed by atoms with E-state index < -0.39 is 22.0 Å². The van der Waals surface area contributed by atoms with E-state index in [2.05, 4.69) is 4.72 Å². The molecule has 0 heterocycles. The summed E-state index contributed by atoms with van der Waals surface area (Å²) in [7, 11) is -2.63. The number of hydrogen-bond acceptors (Lipinski definition) is 4. The van der Waals surface area contributed by atoms with Gasteiger partial charge in [0, 0.05) is 7.11 Å². The van der Waals surface area contributed by atoms with Crippen LogP contribution in [0.3, 0.4) is 0 Å². The van der Waals surface area contributed by atoms with Gasteiger partial charge in [0.05, 0.1) is 11.5 Å². The van der Waals surface area contributed by atoms with E-state index in [0.29, 0.717) is 11.1 Å². The Morgan fingerprint density at radius 3 is 2.10 bits per heavy atom. The molecule has 118 valence electrons. The number of carboxylic acids is 1. The molecule has 6 nitrogen and oxygen atoms in total. The summed E-state index contributed by atoms with van der Waals surface area (Å²) in [6.45, 7) is 6.83. The van der Waals surface area contributed by atoms with Crippen LogP contribution in [0.15, 0.2) is 11.0 Å². The van der Waals surface area contributed by atoms with Crippen LogP contribution in [0.4, 0.5) is 0 Å². The van der Waals surface area contributed by atoms with Gasteiger partial charge in [0.2, 0.25) is 10.0 Å². The lowest BCUT2D eigenvalue weighted by Gasteiger charge is -2.19. The zero-order chi connectivity index (χ0) is 16.4. The van der Waals surface area contributed by atoms with Gasteiger partial charge in [-0.15, -0.1) is 0 Å². The Hall–Kier alpha value is -1.44. The average molecular weight is 315 g/mol. The van der Waals surface area contributed by atoms with Crippen molar-refractivity contribution in [2.45, 2.75) is 38.6 Å². The van der Waals surface area contributed by atoms with Crippen LogP contribution in [-0.4, -0.2) is 39.3 Å². The van der Waals surface area contributed by atoms with Gasteiger partial charge in [-0.05, 0) is 49.9 Å². The Morgan fingerprint density at radius 2 is 1.71 bits per heavy atom. The average Bonchev–Trinajstić information content (AvgIpc) is 2.35. The fourth-order valence-electron chi connectivity index (χ4n) is 2.15. The summed E-state index contributed by atoms with van der Waals surface area (Å²) >= 11 is 0. The Bertz CT molecular complexity index is 626. The third-order valence-corrected chi connectivity index (χ3v) is 5.24. The standard InChI is InChI=1S/C14H21NO5S/c1-8-6-9(2)11(4)13(10(8)3)21(18,19)15-12(7-20-5)14(16)17/h6,12,15H,7H2,1-5H3,(H,16,17). The van der Waals surface area contributed by atoms with Crippen LogP contribution in [0.25, 0.3) is 0 Å². The zero-order valence-electron chi connectivity index (χ0n) is 12.9. The number of carboxylic acid groups (broad SMARTS) is 1. The molecule has 0 bridgehead atoms. The van der Waals surface area contributed by atoms with Gasteiger partial charge in [0.15, 0.2) is 0 Å². The minimum Gasteiger partial charge on any atom is -0.480 e. The largest absolute Gasteiger partial charge is 0.480 e. The van der Waals surface area contributed by atoms with Gasteiger partial charge in [0.1, 0.15) is 6.04 Å². The van der Waals surface area contributed by atoms with Crippen LogP contribution < -0.4 is 4.72 Å². The number of ether oxygens (including phenoxy) is 1. The molecule has 1 aromatic carbocycles. The van der Waals surface area contributed by atoms with Gasteiger partial charge in [-0.1, -0.05) is 6.07 Å². The van der Waals surface area contributed by atoms with Gasteiger partial charge in [0.25, 0.3) is 0 Å². The highest BCUT2D eigenvalue weighted by Gasteiger charge is 2.28. The number of aliphatic carboxylic acids is 1. The quantitative estimate of drug-likeness (QED) is 0.825. The van der Waals surface area contributed by atoms with Crippen molar-refractivity contribution in [2.75, 3.05) is 13.7 Å². The fourth-order valence-corrected chi connectivity index (χ4v) is 3.94. The van der Waals surface area contributed by atoms with E-state index in [9.17, 15) is 13.2 Å². The minimum absolute atomic E-state index is 0.141. The first-order valence-corrected chi connectivity index (χ1v) is 7.91. The summed E-state index contributed by atoms with van der Waals surface area (Å²) < 4.78 is 32.0. The number of aryl methyl sites for hydroxylation is 2. The number of rotatable bonds is 6. The predicted octanol–water partition coefficient (Wildman–Crippen LogP) is 1.30. The van der Waals surface area contributed by atoms with Crippen LogP contribution in [0, 0.1) is 27.7 Å². The summed E-state index contributed by atoms with van der Waals surface area (Å²) in [5.74, 6) is -1.28. The first kappa shape index (κ1) is 17.6. The van der Waals surface area contributed by atoms with E-state index in [1.54, 1.807) is 13.8 Å². The second kappa shape index (κ2) is 6.55. The summed E-state index contributed by atoms with van der Waals surface area (Å²) in [5.41, 5.74) is 2.92. The Morgan fingerprint density at radius 1 is 1.24 bits per heavy atom.